The van der Waals surface area contributed by atoms with Crippen molar-refractivity contribution in [3.05, 3.63) is 55.0 Å². The number of rotatable bonds is 5. The second-order valence-electron chi connectivity index (χ2n) is 5.44. The summed E-state index contributed by atoms with van der Waals surface area (Å²) in [6.45, 7) is 0. The molecule has 0 bridgehead atoms. The molecule has 4 rings (SSSR count). The molecule has 0 unspecified atom stereocenters. The average Bonchev–Trinajstić information content (AvgIpc) is 3.10. The molecule has 4 aromatic rings. The number of methoxy groups -OCH3 is 2. The van der Waals surface area contributed by atoms with E-state index in [1.54, 1.807) is 49.5 Å². The first kappa shape index (κ1) is 15.8. The van der Waals surface area contributed by atoms with Crippen LogP contribution in [0.15, 0.2) is 55.0 Å². The lowest BCUT2D eigenvalue weighted by Gasteiger charge is -2.07. The number of aromatic nitrogens is 5. The van der Waals surface area contributed by atoms with Crippen molar-refractivity contribution in [2.75, 3.05) is 19.5 Å². The van der Waals surface area contributed by atoms with Crippen molar-refractivity contribution in [1.82, 2.24) is 24.6 Å². The third-order valence-electron chi connectivity index (χ3n) is 3.82. The number of nitrogens with zero attached hydrogens (tertiary/aromatic N) is 5. The van der Waals surface area contributed by atoms with Gasteiger partial charge in [0, 0.05) is 23.9 Å². The monoisotopic (exact) mass is 348 g/mol. The number of pyridine rings is 2. The van der Waals surface area contributed by atoms with E-state index in [2.05, 4.69) is 25.4 Å². The van der Waals surface area contributed by atoms with Crippen LogP contribution in [0.1, 0.15) is 0 Å². The Hall–Kier alpha value is -3.68. The molecule has 0 saturated carbocycles. The van der Waals surface area contributed by atoms with Gasteiger partial charge in [-0.25, -0.2) is 15.0 Å². The highest BCUT2D eigenvalue weighted by Gasteiger charge is 2.08. The third kappa shape index (κ3) is 3.00. The minimum Gasteiger partial charge on any atom is -0.481 e. The van der Waals surface area contributed by atoms with Crippen molar-refractivity contribution in [2.24, 2.45) is 0 Å². The molecule has 26 heavy (non-hydrogen) atoms. The van der Waals surface area contributed by atoms with Crippen molar-refractivity contribution in [3.63, 3.8) is 0 Å². The fourth-order valence-electron chi connectivity index (χ4n) is 2.49. The molecule has 8 heteroatoms. The van der Waals surface area contributed by atoms with Crippen molar-refractivity contribution in [3.8, 4) is 23.0 Å². The summed E-state index contributed by atoms with van der Waals surface area (Å²) in [6.07, 6.45) is 5.14. The SMILES string of the molecule is COc1ccc(Nc2cnc3ccc(-c4ccc(OC)nc4)nn23)cn1. The van der Waals surface area contributed by atoms with Gasteiger partial charge in [-0.1, -0.05) is 0 Å². The van der Waals surface area contributed by atoms with E-state index in [-0.39, 0.29) is 0 Å². The summed E-state index contributed by atoms with van der Waals surface area (Å²) in [7, 11) is 3.17. The molecule has 0 aromatic carbocycles. The zero-order valence-corrected chi connectivity index (χ0v) is 14.2. The molecule has 0 amide bonds. The van der Waals surface area contributed by atoms with Gasteiger partial charge >= 0.3 is 0 Å². The molecule has 4 heterocycles. The standard InChI is InChI=1S/C18H16N6O2/c1-25-17-7-3-12(9-20-17)14-5-6-15-19-11-16(24(15)23-14)22-13-4-8-18(26-2)21-10-13/h3-11,22H,1-2H3. The smallest absolute Gasteiger partial charge is 0.213 e. The predicted molar refractivity (Wildman–Crippen MR) is 96.8 cm³/mol. The predicted octanol–water partition coefficient (Wildman–Crippen LogP) is 2.95. The Labute approximate surface area is 149 Å². The molecule has 1 N–H and O–H groups in total. The third-order valence-corrected chi connectivity index (χ3v) is 3.82. The normalized spacial score (nSPS) is 10.7. The quantitative estimate of drug-likeness (QED) is 0.593. The molecule has 0 atom stereocenters. The zero-order chi connectivity index (χ0) is 17.9. The van der Waals surface area contributed by atoms with Gasteiger partial charge in [0.1, 0.15) is 0 Å². The highest BCUT2D eigenvalue weighted by molar-refractivity contribution is 5.63. The van der Waals surface area contributed by atoms with E-state index in [0.717, 1.165) is 28.4 Å². The van der Waals surface area contributed by atoms with Gasteiger partial charge < -0.3 is 14.8 Å². The highest BCUT2D eigenvalue weighted by atomic mass is 16.5. The van der Waals surface area contributed by atoms with E-state index >= 15 is 0 Å². The molecule has 4 aromatic heterocycles. The molecule has 0 aliphatic heterocycles. The Morgan fingerprint density at radius 1 is 0.808 bits per heavy atom. The fraction of sp³-hybridized carbons (Fsp3) is 0.111. The number of fused-ring (bicyclic) bond motifs is 1. The summed E-state index contributed by atoms with van der Waals surface area (Å²) in [5.74, 6) is 1.85. The molecule has 0 fully saturated rings. The van der Waals surface area contributed by atoms with Gasteiger partial charge in [0.2, 0.25) is 11.8 Å². The van der Waals surface area contributed by atoms with E-state index < -0.39 is 0 Å². The Morgan fingerprint density at radius 3 is 2.23 bits per heavy atom. The van der Waals surface area contributed by atoms with Crippen LogP contribution in [-0.2, 0) is 0 Å². The van der Waals surface area contributed by atoms with Crippen molar-refractivity contribution >= 4 is 17.2 Å². The minimum atomic E-state index is 0.557. The van der Waals surface area contributed by atoms with Crippen molar-refractivity contribution in [1.29, 1.82) is 0 Å². The van der Waals surface area contributed by atoms with Crippen molar-refractivity contribution < 1.29 is 9.47 Å². The number of anilines is 2. The summed E-state index contributed by atoms with van der Waals surface area (Å²) in [5.41, 5.74) is 3.21. The first-order valence-corrected chi connectivity index (χ1v) is 7.89. The Balaban J connectivity index is 1.67. The average molecular weight is 348 g/mol. The first-order valence-electron chi connectivity index (χ1n) is 7.89. The molecule has 0 aliphatic carbocycles. The van der Waals surface area contributed by atoms with Crippen LogP contribution in [0.25, 0.3) is 16.9 Å². The van der Waals surface area contributed by atoms with Crippen LogP contribution in [0.5, 0.6) is 11.8 Å². The van der Waals surface area contributed by atoms with Crippen LogP contribution in [0.3, 0.4) is 0 Å². The van der Waals surface area contributed by atoms with Gasteiger partial charge in [-0.15, -0.1) is 0 Å². The molecular weight excluding hydrogens is 332 g/mol. The lowest BCUT2D eigenvalue weighted by Crippen LogP contribution is -2.00. The maximum Gasteiger partial charge on any atom is 0.213 e. The molecule has 0 spiro atoms. The van der Waals surface area contributed by atoms with Crippen LogP contribution in [0, 0.1) is 0 Å². The van der Waals surface area contributed by atoms with Crippen LogP contribution in [-0.4, -0.2) is 38.8 Å². The molecular formula is C18H16N6O2. The van der Waals surface area contributed by atoms with E-state index in [1.807, 2.05) is 24.3 Å². The minimum absolute atomic E-state index is 0.557. The van der Waals surface area contributed by atoms with Gasteiger partial charge in [-0.2, -0.15) is 9.61 Å². The summed E-state index contributed by atoms with van der Waals surface area (Å²) < 4.78 is 11.9. The van der Waals surface area contributed by atoms with Gasteiger partial charge in [0.15, 0.2) is 11.5 Å². The van der Waals surface area contributed by atoms with Crippen molar-refractivity contribution in [2.45, 2.75) is 0 Å². The molecule has 130 valence electrons. The summed E-state index contributed by atoms with van der Waals surface area (Å²) >= 11 is 0. The topological polar surface area (TPSA) is 86.5 Å². The van der Waals surface area contributed by atoms with E-state index in [4.69, 9.17) is 9.47 Å². The van der Waals surface area contributed by atoms with Gasteiger partial charge in [0.25, 0.3) is 0 Å². The lowest BCUT2D eigenvalue weighted by molar-refractivity contribution is 0.398. The zero-order valence-electron chi connectivity index (χ0n) is 14.2. The van der Waals surface area contributed by atoms with Gasteiger partial charge in [-0.05, 0) is 24.3 Å². The molecule has 0 aliphatic rings. The van der Waals surface area contributed by atoms with Crippen LogP contribution in [0.4, 0.5) is 11.5 Å². The van der Waals surface area contributed by atoms with Gasteiger partial charge in [0.05, 0.1) is 38.0 Å². The number of imidazole rings is 1. The maximum atomic E-state index is 5.09. The van der Waals surface area contributed by atoms with Crippen LogP contribution in [0.2, 0.25) is 0 Å². The number of ether oxygens (including phenoxy) is 2. The highest BCUT2D eigenvalue weighted by Crippen LogP contribution is 2.22. The summed E-state index contributed by atoms with van der Waals surface area (Å²) in [6, 6.07) is 11.2. The van der Waals surface area contributed by atoms with E-state index in [1.165, 1.54) is 0 Å². The molecule has 8 nitrogen and oxygen atoms in total. The molecule has 0 radical (unpaired) electrons. The summed E-state index contributed by atoms with van der Waals surface area (Å²) in [5, 5.41) is 7.92. The van der Waals surface area contributed by atoms with Crippen LogP contribution >= 0.6 is 0 Å². The first-order chi connectivity index (χ1) is 12.8. The Morgan fingerprint density at radius 2 is 1.58 bits per heavy atom. The fourth-order valence-corrected chi connectivity index (χ4v) is 2.49. The maximum absolute atomic E-state index is 5.09. The lowest BCUT2D eigenvalue weighted by atomic mass is 10.2. The Kier molecular flexibility index (Phi) is 4.06. The van der Waals surface area contributed by atoms with Crippen LogP contribution < -0.4 is 14.8 Å². The Bertz CT molecular complexity index is 1030. The second-order valence-corrected chi connectivity index (χ2v) is 5.44. The number of nitrogens with one attached hydrogen (secondary N) is 1. The van der Waals surface area contributed by atoms with E-state index in [0.29, 0.717) is 11.8 Å². The number of hydrogen-bond donors (Lipinski definition) is 1. The van der Waals surface area contributed by atoms with Gasteiger partial charge in [-0.3, -0.25) is 0 Å². The molecule has 0 saturated heterocycles. The second kappa shape index (κ2) is 6.67. The summed E-state index contributed by atoms with van der Waals surface area (Å²) in [4.78, 5) is 12.8. The number of hydrogen-bond acceptors (Lipinski definition) is 7. The largest absolute Gasteiger partial charge is 0.481 e. The van der Waals surface area contributed by atoms with E-state index in [9.17, 15) is 0 Å².